The summed E-state index contributed by atoms with van der Waals surface area (Å²) in [5.74, 6) is -2.47. The van der Waals surface area contributed by atoms with Gasteiger partial charge in [-0.05, 0) is 35.4 Å². The van der Waals surface area contributed by atoms with Crippen molar-refractivity contribution in [3.63, 3.8) is 0 Å². The van der Waals surface area contributed by atoms with Gasteiger partial charge in [0.25, 0.3) is 0 Å². The smallest absolute Gasteiger partial charge is 0.303 e. The van der Waals surface area contributed by atoms with Gasteiger partial charge in [0, 0.05) is 27.7 Å². The van der Waals surface area contributed by atoms with Crippen molar-refractivity contribution in [2.45, 2.75) is 58.4 Å². The fourth-order valence-corrected chi connectivity index (χ4v) is 3.88. The van der Waals surface area contributed by atoms with Gasteiger partial charge in [-0.15, -0.1) is 0 Å². The Morgan fingerprint density at radius 1 is 0.737 bits per heavy atom. The molecule has 0 N–H and O–H groups in total. The third-order valence-corrected chi connectivity index (χ3v) is 5.40. The molecule has 5 atom stereocenters. The third kappa shape index (κ3) is 7.54. The number of benzene rings is 2. The summed E-state index contributed by atoms with van der Waals surface area (Å²) in [5.41, 5.74) is 2.27. The van der Waals surface area contributed by atoms with Gasteiger partial charge in [0.1, 0.15) is 18.5 Å². The third-order valence-electron chi connectivity index (χ3n) is 5.40. The van der Waals surface area contributed by atoms with Crippen molar-refractivity contribution in [2.75, 3.05) is 6.61 Å². The van der Waals surface area contributed by atoms with Crippen molar-refractivity contribution < 1.29 is 47.6 Å². The highest BCUT2D eigenvalue weighted by Gasteiger charge is 2.53. The zero-order valence-corrected chi connectivity index (χ0v) is 21.2. The molecule has 2 aromatic rings. The van der Waals surface area contributed by atoms with E-state index in [0.717, 1.165) is 31.9 Å². The van der Waals surface area contributed by atoms with E-state index in [0.29, 0.717) is 11.3 Å². The molecule has 38 heavy (non-hydrogen) atoms. The molecule has 0 radical (unpaired) electrons. The molecule has 1 aliphatic rings. The predicted octanol–water partition coefficient (Wildman–Crippen LogP) is 2.69. The Kier molecular flexibility index (Phi) is 9.40. The zero-order valence-electron chi connectivity index (χ0n) is 21.2. The lowest BCUT2D eigenvalue weighted by Crippen LogP contribution is -2.63. The lowest BCUT2D eigenvalue weighted by molar-refractivity contribution is -0.288. The Balaban J connectivity index is 1.91. The number of hydrogen-bond acceptors (Lipinski definition) is 11. The molecule has 0 amide bonds. The van der Waals surface area contributed by atoms with Crippen molar-refractivity contribution in [1.82, 2.24) is 0 Å². The van der Waals surface area contributed by atoms with Crippen LogP contribution in [0.2, 0.25) is 0 Å². The minimum atomic E-state index is -1.33. The molecule has 1 saturated heterocycles. The van der Waals surface area contributed by atoms with Crippen molar-refractivity contribution in [1.29, 1.82) is 5.26 Å². The molecule has 0 bridgehead atoms. The van der Waals surface area contributed by atoms with Crippen LogP contribution in [0.3, 0.4) is 0 Å². The van der Waals surface area contributed by atoms with Gasteiger partial charge < -0.3 is 28.4 Å². The average molecular weight is 526 g/mol. The summed E-state index contributed by atoms with van der Waals surface area (Å²) in [7, 11) is 0. The first-order valence-electron chi connectivity index (χ1n) is 11.6. The lowest BCUT2D eigenvalue weighted by atomic mass is 9.98. The molecular formula is C27H27NO10. The summed E-state index contributed by atoms with van der Waals surface area (Å²) in [5, 5.41) is 8.99. The number of esters is 4. The second-order valence-electron chi connectivity index (χ2n) is 8.40. The van der Waals surface area contributed by atoms with Crippen LogP contribution in [-0.2, 0) is 42.9 Å². The summed E-state index contributed by atoms with van der Waals surface area (Å²) in [6.45, 7) is 4.28. The maximum Gasteiger partial charge on any atom is 0.303 e. The molecule has 200 valence electrons. The summed E-state index contributed by atoms with van der Waals surface area (Å²) >= 11 is 0. The second kappa shape index (κ2) is 12.7. The zero-order chi connectivity index (χ0) is 27.8. The minimum absolute atomic E-state index is 0.322. The average Bonchev–Trinajstić information content (AvgIpc) is 2.86. The molecule has 0 unspecified atom stereocenters. The number of carbonyl (C=O) groups is 4. The number of hydrogen-bond donors (Lipinski definition) is 0. The summed E-state index contributed by atoms with van der Waals surface area (Å²) < 4.78 is 33.1. The van der Waals surface area contributed by atoms with Crippen LogP contribution in [0.4, 0.5) is 0 Å². The molecule has 0 saturated carbocycles. The Morgan fingerprint density at radius 2 is 1.24 bits per heavy atom. The number of ether oxygens (including phenoxy) is 6. The van der Waals surface area contributed by atoms with Crippen LogP contribution in [0.5, 0.6) is 5.75 Å². The lowest BCUT2D eigenvalue weighted by Gasteiger charge is -2.43. The Bertz CT molecular complexity index is 1200. The van der Waals surface area contributed by atoms with Gasteiger partial charge in [-0.25, -0.2) is 0 Å². The topological polar surface area (TPSA) is 147 Å². The highest BCUT2D eigenvalue weighted by Crippen LogP contribution is 2.32. The van der Waals surface area contributed by atoms with Crippen LogP contribution in [0.1, 0.15) is 33.3 Å². The fraction of sp³-hybridized carbons (Fsp3) is 0.370. The van der Waals surface area contributed by atoms with Gasteiger partial charge in [-0.3, -0.25) is 19.2 Å². The molecule has 3 rings (SSSR count). The molecule has 1 heterocycles. The van der Waals surface area contributed by atoms with Crippen LogP contribution in [0.25, 0.3) is 11.1 Å². The van der Waals surface area contributed by atoms with E-state index in [1.165, 1.54) is 6.92 Å². The highest BCUT2D eigenvalue weighted by atomic mass is 16.7. The molecule has 11 heteroatoms. The van der Waals surface area contributed by atoms with E-state index in [4.69, 9.17) is 33.7 Å². The monoisotopic (exact) mass is 525 g/mol. The molecule has 11 nitrogen and oxygen atoms in total. The maximum absolute atomic E-state index is 11.9. The fourth-order valence-electron chi connectivity index (χ4n) is 3.88. The van der Waals surface area contributed by atoms with Crippen molar-refractivity contribution in [3.8, 4) is 22.9 Å². The first kappa shape index (κ1) is 28.1. The van der Waals surface area contributed by atoms with E-state index < -0.39 is 54.6 Å². The Hall–Kier alpha value is -4.43. The van der Waals surface area contributed by atoms with Gasteiger partial charge >= 0.3 is 23.9 Å². The summed E-state index contributed by atoms with van der Waals surface area (Å²) in [6, 6.07) is 16.0. The predicted molar refractivity (Wildman–Crippen MR) is 129 cm³/mol. The van der Waals surface area contributed by atoms with E-state index in [1.807, 2.05) is 12.1 Å². The van der Waals surface area contributed by atoms with Gasteiger partial charge in [-0.1, -0.05) is 24.3 Å². The summed E-state index contributed by atoms with van der Waals surface area (Å²) in [6.07, 6.45) is -6.35. The number of nitrogens with zero attached hydrogens (tertiary/aromatic N) is 1. The number of carbonyl (C=O) groups excluding carboxylic acids is 4. The number of nitriles is 1. The second-order valence-corrected chi connectivity index (χ2v) is 8.40. The molecule has 1 fully saturated rings. The van der Waals surface area contributed by atoms with Crippen LogP contribution in [0.15, 0.2) is 48.5 Å². The molecular weight excluding hydrogens is 498 g/mol. The first-order chi connectivity index (χ1) is 18.1. The van der Waals surface area contributed by atoms with Gasteiger partial charge in [0.2, 0.25) is 12.4 Å². The van der Waals surface area contributed by atoms with Gasteiger partial charge in [-0.2, -0.15) is 5.26 Å². The van der Waals surface area contributed by atoms with Crippen LogP contribution in [0, 0.1) is 11.3 Å². The minimum Gasteiger partial charge on any atom is -0.463 e. The van der Waals surface area contributed by atoms with Crippen LogP contribution < -0.4 is 4.74 Å². The van der Waals surface area contributed by atoms with E-state index >= 15 is 0 Å². The van der Waals surface area contributed by atoms with E-state index in [-0.39, 0.29) is 6.61 Å². The highest BCUT2D eigenvalue weighted by molar-refractivity contribution is 5.69. The number of rotatable bonds is 8. The van der Waals surface area contributed by atoms with E-state index in [9.17, 15) is 19.2 Å². The Labute approximate surface area is 219 Å². The van der Waals surface area contributed by atoms with Gasteiger partial charge in [0.15, 0.2) is 12.2 Å². The Morgan fingerprint density at radius 3 is 1.74 bits per heavy atom. The maximum atomic E-state index is 11.9. The molecule has 2 aromatic carbocycles. The standard InChI is InChI=1S/C27H27NO10/c1-15(29)33-14-23-24(34-16(2)30)25(35-17(3)31)26(36-18(4)32)27(38-23)37-22-11-9-21(10-12-22)20-7-5-19(13-28)6-8-20/h5-12,23-27H,14H2,1-4H3/t23-,24-,25+,26+,27+/m1/s1. The molecule has 0 spiro atoms. The largest absolute Gasteiger partial charge is 0.463 e. The molecule has 0 aliphatic carbocycles. The normalized spacial score (nSPS) is 22.3. The first-order valence-corrected chi connectivity index (χ1v) is 11.6. The van der Waals surface area contributed by atoms with Crippen molar-refractivity contribution in [2.24, 2.45) is 0 Å². The van der Waals surface area contributed by atoms with Crippen molar-refractivity contribution in [3.05, 3.63) is 54.1 Å². The SMILES string of the molecule is CC(=O)OC[C@H]1O[C@H](Oc2ccc(-c3ccc(C#N)cc3)cc2)[C@@H](OC(C)=O)[C@@H](OC(C)=O)[C@@H]1OC(C)=O. The van der Waals surface area contributed by atoms with E-state index in [2.05, 4.69) is 6.07 Å². The molecule has 0 aromatic heterocycles. The van der Waals surface area contributed by atoms with Gasteiger partial charge in [0.05, 0.1) is 11.6 Å². The van der Waals surface area contributed by atoms with Crippen LogP contribution in [-0.4, -0.2) is 61.2 Å². The van der Waals surface area contributed by atoms with E-state index in [1.54, 1.807) is 36.4 Å². The van der Waals surface area contributed by atoms with Crippen LogP contribution >= 0.6 is 0 Å². The quantitative estimate of drug-likeness (QED) is 0.370. The molecule has 1 aliphatic heterocycles. The summed E-state index contributed by atoms with van der Waals surface area (Å²) in [4.78, 5) is 47.2. The van der Waals surface area contributed by atoms with Crippen molar-refractivity contribution >= 4 is 23.9 Å².